The Balaban J connectivity index is 0.000000553. The van der Waals surface area contributed by atoms with E-state index in [0.29, 0.717) is 25.1 Å². The van der Waals surface area contributed by atoms with Gasteiger partial charge in [-0.05, 0) is 31.2 Å². The van der Waals surface area contributed by atoms with E-state index in [-0.39, 0.29) is 11.8 Å². The molecule has 8 nitrogen and oxygen atoms in total. The first kappa shape index (κ1) is 25.2. The van der Waals surface area contributed by atoms with Crippen molar-refractivity contribution in [3.63, 3.8) is 0 Å². The number of hydrogen-bond donors (Lipinski definition) is 2. The predicted molar refractivity (Wildman–Crippen MR) is 102 cm³/mol. The monoisotopic (exact) mass is 433 g/mol. The zero-order valence-electron chi connectivity index (χ0n) is 16.9. The molecule has 0 radical (unpaired) electrons. The first-order valence-electron chi connectivity index (χ1n) is 9.32. The maximum Gasteiger partial charge on any atom is 0.490 e. The van der Waals surface area contributed by atoms with Crippen LogP contribution in [-0.4, -0.2) is 85.2 Å². The summed E-state index contributed by atoms with van der Waals surface area (Å²) in [6.07, 6.45) is -4.71. The number of hydrogen-bond acceptors (Lipinski definition) is 5. The van der Waals surface area contributed by atoms with E-state index in [0.717, 1.165) is 31.9 Å². The third kappa shape index (κ3) is 8.27. The number of carboxylic acid groups (broad SMARTS) is 1. The number of halogens is 3. The second-order valence-corrected chi connectivity index (χ2v) is 6.30. The van der Waals surface area contributed by atoms with Crippen molar-refractivity contribution in [1.29, 1.82) is 0 Å². The molecule has 0 unspecified atom stereocenters. The van der Waals surface area contributed by atoms with Gasteiger partial charge in [0.15, 0.2) is 0 Å². The van der Waals surface area contributed by atoms with Gasteiger partial charge in [-0.1, -0.05) is 0 Å². The van der Waals surface area contributed by atoms with Crippen LogP contribution in [0.2, 0.25) is 0 Å². The molecule has 0 bridgehead atoms. The summed E-state index contributed by atoms with van der Waals surface area (Å²) in [5, 5.41) is 10.4. The number of benzene rings is 1. The van der Waals surface area contributed by atoms with Crippen molar-refractivity contribution >= 4 is 17.8 Å². The van der Waals surface area contributed by atoms with Crippen LogP contribution in [0.15, 0.2) is 24.3 Å². The number of nitrogens with zero attached hydrogens (tertiary/aromatic N) is 2. The minimum Gasteiger partial charge on any atom is -0.497 e. The van der Waals surface area contributed by atoms with Gasteiger partial charge in [-0.25, -0.2) is 4.79 Å². The fourth-order valence-electron chi connectivity index (χ4n) is 2.62. The van der Waals surface area contributed by atoms with E-state index < -0.39 is 12.1 Å². The van der Waals surface area contributed by atoms with Crippen LogP contribution in [-0.2, 0) is 9.59 Å². The summed E-state index contributed by atoms with van der Waals surface area (Å²) in [5.74, 6) is -1.97. The minimum atomic E-state index is -5.08. The molecule has 1 saturated heterocycles. The van der Waals surface area contributed by atoms with Crippen molar-refractivity contribution in [2.75, 3.05) is 46.4 Å². The van der Waals surface area contributed by atoms with E-state index in [1.807, 2.05) is 11.8 Å². The Morgan fingerprint density at radius 1 is 1.17 bits per heavy atom. The van der Waals surface area contributed by atoms with Crippen molar-refractivity contribution in [1.82, 2.24) is 15.1 Å². The van der Waals surface area contributed by atoms with E-state index in [1.54, 1.807) is 36.3 Å². The predicted octanol–water partition coefficient (Wildman–Crippen LogP) is 1.61. The molecule has 0 spiro atoms. The number of nitrogens with one attached hydrogen (secondary N) is 1. The van der Waals surface area contributed by atoms with Crippen LogP contribution in [0.5, 0.6) is 5.75 Å². The third-order valence-corrected chi connectivity index (χ3v) is 4.31. The van der Waals surface area contributed by atoms with Gasteiger partial charge >= 0.3 is 12.1 Å². The van der Waals surface area contributed by atoms with Gasteiger partial charge in [0.25, 0.3) is 5.91 Å². The number of piperazine rings is 1. The van der Waals surface area contributed by atoms with Crippen LogP contribution in [0.3, 0.4) is 0 Å². The SMILES string of the molecule is CCN(CCC(=O)N1CCNCC1)C(=O)c1ccc(OC)cc1.O=C(O)C(F)(F)F. The number of amides is 2. The van der Waals surface area contributed by atoms with Gasteiger partial charge in [0.1, 0.15) is 5.75 Å². The molecule has 0 saturated carbocycles. The molecule has 1 aliphatic rings. The van der Waals surface area contributed by atoms with Crippen molar-refractivity contribution < 1.29 is 37.4 Å². The van der Waals surface area contributed by atoms with Gasteiger partial charge in [-0.2, -0.15) is 13.2 Å². The van der Waals surface area contributed by atoms with Gasteiger partial charge in [-0.3, -0.25) is 9.59 Å². The van der Waals surface area contributed by atoms with E-state index in [9.17, 15) is 22.8 Å². The minimum absolute atomic E-state index is 0.0525. The molecule has 2 rings (SSSR count). The molecule has 11 heteroatoms. The van der Waals surface area contributed by atoms with Crippen LogP contribution >= 0.6 is 0 Å². The van der Waals surface area contributed by atoms with Crippen molar-refractivity contribution in [2.24, 2.45) is 0 Å². The molecule has 0 aliphatic carbocycles. The molecule has 1 fully saturated rings. The number of ether oxygens (including phenoxy) is 1. The topological polar surface area (TPSA) is 99.2 Å². The quantitative estimate of drug-likeness (QED) is 0.707. The molecule has 1 aromatic rings. The summed E-state index contributed by atoms with van der Waals surface area (Å²) < 4.78 is 36.8. The maximum atomic E-state index is 12.5. The van der Waals surface area contributed by atoms with Crippen LogP contribution in [0.25, 0.3) is 0 Å². The summed E-state index contributed by atoms with van der Waals surface area (Å²) >= 11 is 0. The average Bonchev–Trinajstić information content (AvgIpc) is 2.74. The Hall–Kier alpha value is -2.82. The Bertz CT molecular complexity index is 704. The Labute approximate surface area is 172 Å². The maximum absolute atomic E-state index is 12.5. The second kappa shape index (κ2) is 12.0. The number of carboxylic acids is 1. The molecule has 2 N–H and O–H groups in total. The summed E-state index contributed by atoms with van der Waals surface area (Å²) in [6, 6.07) is 7.05. The standard InChI is InChI=1S/C17H25N3O3.C2HF3O2/c1-3-19(11-8-16(21)20-12-9-18-10-13-20)17(22)14-4-6-15(23-2)7-5-14;3-2(4,5)1(6)7/h4-7,18H,3,8-13H2,1-2H3;(H,6,7). The number of rotatable bonds is 6. The molecule has 1 aliphatic heterocycles. The molecule has 0 aromatic heterocycles. The van der Waals surface area contributed by atoms with Gasteiger partial charge in [0.2, 0.25) is 5.91 Å². The average molecular weight is 433 g/mol. The van der Waals surface area contributed by atoms with E-state index in [4.69, 9.17) is 14.6 Å². The highest BCUT2D eigenvalue weighted by Crippen LogP contribution is 2.14. The van der Waals surface area contributed by atoms with Crippen molar-refractivity contribution in [2.45, 2.75) is 19.5 Å². The first-order valence-corrected chi connectivity index (χ1v) is 9.32. The summed E-state index contributed by atoms with van der Waals surface area (Å²) in [4.78, 5) is 37.2. The number of carbonyl (C=O) groups excluding carboxylic acids is 2. The molecule has 168 valence electrons. The lowest BCUT2D eigenvalue weighted by atomic mass is 10.2. The molecule has 30 heavy (non-hydrogen) atoms. The van der Waals surface area contributed by atoms with Crippen LogP contribution < -0.4 is 10.1 Å². The molecule has 1 heterocycles. The summed E-state index contributed by atoms with van der Waals surface area (Å²) in [5.41, 5.74) is 0.613. The number of aliphatic carboxylic acids is 1. The lowest BCUT2D eigenvalue weighted by Gasteiger charge is -2.28. The second-order valence-electron chi connectivity index (χ2n) is 6.30. The zero-order valence-corrected chi connectivity index (χ0v) is 16.9. The molecular formula is C19H26F3N3O5. The van der Waals surface area contributed by atoms with Crippen LogP contribution in [0.4, 0.5) is 13.2 Å². The van der Waals surface area contributed by atoms with Gasteiger partial charge in [-0.15, -0.1) is 0 Å². The van der Waals surface area contributed by atoms with E-state index in [1.165, 1.54) is 0 Å². The van der Waals surface area contributed by atoms with Crippen LogP contribution in [0, 0.1) is 0 Å². The highest BCUT2D eigenvalue weighted by Gasteiger charge is 2.38. The normalized spacial score (nSPS) is 13.7. The van der Waals surface area contributed by atoms with Gasteiger partial charge in [0.05, 0.1) is 7.11 Å². The smallest absolute Gasteiger partial charge is 0.490 e. The number of alkyl halides is 3. The lowest BCUT2D eigenvalue weighted by molar-refractivity contribution is -0.192. The van der Waals surface area contributed by atoms with Crippen molar-refractivity contribution in [3.8, 4) is 5.75 Å². The fourth-order valence-corrected chi connectivity index (χ4v) is 2.62. The van der Waals surface area contributed by atoms with E-state index >= 15 is 0 Å². The third-order valence-electron chi connectivity index (χ3n) is 4.31. The Morgan fingerprint density at radius 3 is 2.13 bits per heavy atom. The summed E-state index contributed by atoms with van der Waals surface area (Å²) in [6.45, 7) is 6.14. The lowest BCUT2D eigenvalue weighted by Crippen LogP contribution is -2.47. The Kier molecular flexibility index (Phi) is 10.1. The molecular weight excluding hydrogens is 407 g/mol. The van der Waals surface area contributed by atoms with Gasteiger partial charge in [0, 0.05) is 51.3 Å². The van der Waals surface area contributed by atoms with E-state index in [2.05, 4.69) is 5.32 Å². The van der Waals surface area contributed by atoms with Gasteiger partial charge < -0.3 is 25.0 Å². The first-order chi connectivity index (χ1) is 14.1. The number of methoxy groups -OCH3 is 1. The largest absolute Gasteiger partial charge is 0.497 e. The highest BCUT2D eigenvalue weighted by atomic mass is 19.4. The molecule has 1 aromatic carbocycles. The molecule has 2 amide bonds. The van der Waals surface area contributed by atoms with Crippen LogP contribution in [0.1, 0.15) is 23.7 Å². The molecule has 0 atom stereocenters. The summed E-state index contributed by atoms with van der Waals surface area (Å²) in [7, 11) is 1.59. The number of carbonyl (C=O) groups is 3. The Morgan fingerprint density at radius 2 is 1.70 bits per heavy atom. The highest BCUT2D eigenvalue weighted by molar-refractivity contribution is 5.94. The van der Waals surface area contributed by atoms with Crippen molar-refractivity contribution in [3.05, 3.63) is 29.8 Å². The fraction of sp³-hybridized carbons (Fsp3) is 0.526. The zero-order chi connectivity index (χ0) is 22.7.